The molecule has 4 nitrogen and oxygen atoms in total. The Hall–Kier alpha value is -2.62. The molecule has 0 radical (unpaired) electrons. The molecule has 0 bridgehead atoms. The zero-order chi connectivity index (χ0) is 14.4. The minimum Gasteiger partial charge on any atom is -0.384 e. The van der Waals surface area contributed by atoms with E-state index in [1.165, 1.54) is 0 Å². The van der Waals surface area contributed by atoms with Crippen molar-refractivity contribution in [2.24, 2.45) is 5.73 Å². The van der Waals surface area contributed by atoms with Crippen LogP contribution in [0.4, 0.5) is 0 Å². The third kappa shape index (κ3) is 3.95. The first-order valence-corrected chi connectivity index (χ1v) is 6.39. The molecule has 0 atom stereocenters. The van der Waals surface area contributed by atoms with Crippen molar-refractivity contribution in [3.8, 4) is 0 Å². The van der Waals surface area contributed by atoms with Crippen molar-refractivity contribution in [3.63, 3.8) is 0 Å². The van der Waals surface area contributed by atoms with Crippen LogP contribution in [-0.2, 0) is 17.8 Å². The summed E-state index contributed by atoms with van der Waals surface area (Å²) in [7, 11) is 0. The molecule has 2 rings (SSSR count). The van der Waals surface area contributed by atoms with Gasteiger partial charge >= 0.3 is 0 Å². The molecule has 0 spiro atoms. The van der Waals surface area contributed by atoms with Crippen LogP contribution in [0.5, 0.6) is 0 Å². The van der Waals surface area contributed by atoms with Crippen LogP contribution in [0, 0.1) is 5.41 Å². The lowest BCUT2D eigenvalue weighted by atomic mass is 10.1. The molecule has 0 saturated heterocycles. The van der Waals surface area contributed by atoms with E-state index in [0.717, 1.165) is 11.1 Å². The molecule has 0 unspecified atom stereocenters. The van der Waals surface area contributed by atoms with Crippen LogP contribution < -0.4 is 11.1 Å². The van der Waals surface area contributed by atoms with Crippen molar-refractivity contribution >= 4 is 11.7 Å². The Morgan fingerprint density at radius 3 is 2.25 bits per heavy atom. The van der Waals surface area contributed by atoms with Crippen molar-refractivity contribution < 1.29 is 4.79 Å². The third-order valence-electron chi connectivity index (χ3n) is 2.96. The Kier molecular flexibility index (Phi) is 4.50. The number of carbonyl (C=O) groups is 1. The molecule has 0 aliphatic rings. The van der Waals surface area contributed by atoms with Gasteiger partial charge in [0.15, 0.2) is 0 Å². The van der Waals surface area contributed by atoms with Crippen LogP contribution in [0.25, 0.3) is 0 Å². The largest absolute Gasteiger partial charge is 0.384 e. The first kappa shape index (κ1) is 13.8. The zero-order valence-electron chi connectivity index (χ0n) is 11.1. The molecule has 2 aromatic rings. The predicted octanol–water partition coefficient (Wildman–Crippen LogP) is 1.83. The topological polar surface area (TPSA) is 79.0 Å². The van der Waals surface area contributed by atoms with E-state index < -0.39 is 0 Å². The lowest BCUT2D eigenvalue weighted by Crippen LogP contribution is -2.24. The first-order valence-electron chi connectivity index (χ1n) is 6.39. The van der Waals surface area contributed by atoms with E-state index in [1.54, 1.807) is 12.1 Å². The van der Waals surface area contributed by atoms with Gasteiger partial charge in [-0.15, -0.1) is 0 Å². The highest BCUT2D eigenvalue weighted by atomic mass is 16.1. The molecular weight excluding hydrogens is 250 g/mol. The van der Waals surface area contributed by atoms with Crippen LogP contribution in [0.3, 0.4) is 0 Å². The number of amides is 1. The molecule has 1 amide bonds. The van der Waals surface area contributed by atoms with Crippen molar-refractivity contribution in [1.82, 2.24) is 5.32 Å². The van der Waals surface area contributed by atoms with Crippen molar-refractivity contribution in [2.45, 2.75) is 13.0 Å². The second-order valence-corrected chi connectivity index (χ2v) is 4.55. The molecule has 0 aromatic heterocycles. The van der Waals surface area contributed by atoms with Gasteiger partial charge in [0.2, 0.25) is 5.91 Å². The third-order valence-corrected chi connectivity index (χ3v) is 2.96. The molecule has 4 N–H and O–H groups in total. The fourth-order valence-electron chi connectivity index (χ4n) is 1.85. The average Bonchev–Trinajstić information content (AvgIpc) is 2.47. The number of hydrogen-bond acceptors (Lipinski definition) is 2. The second-order valence-electron chi connectivity index (χ2n) is 4.55. The monoisotopic (exact) mass is 267 g/mol. The zero-order valence-corrected chi connectivity index (χ0v) is 11.1. The van der Waals surface area contributed by atoms with E-state index in [9.17, 15) is 4.79 Å². The lowest BCUT2D eigenvalue weighted by Gasteiger charge is -2.06. The van der Waals surface area contributed by atoms with Gasteiger partial charge in [-0.25, -0.2) is 0 Å². The van der Waals surface area contributed by atoms with Crippen molar-refractivity contribution in [2.75, 3.05) is 0 Å². The molecule has 20 heavy (non-hydrogen) atoms. The highest BCUT2D eigenvalue weighted by Gasteiger charge is 2.04. The molecule has 0 saturated carbocycles. The van der Waals surface area contributed by atoms with Crippen molar-refractivity contribution in [1.29, 1.82) is 5.41 Å². The minimum atomic E-state index is -0.0237. The highest BCUT2D eigenvalue weighted by Crippen LogP contribution is 2.05. The number of nitrogens with one attached hydrogen (secondary N) is 2. The summed E-state index contributed by atoms with van der Waals surface area (Å²) >= 11 is 0. The van der Waals surface area contributed by atoms with Gasteiger partial charge < -0.3 is 11.1 Å². The van der Waals surface area contributed by atoms with Gasteiger partial charge in [-0.1, -0.05) is 54.6 Å². The molecule has 102 valence electrons. The minimum absolute atomic E-state index is 0.0237. The standard InChI is InChI=1S/C16H17N3O/c17-16(18)14-8-6-12(7-9-14)10-15(20)19-11-13-4-2-1-3-5-13/h1-9H,10-11H2,(H3,17,18)(H,19,20). The summed E-state index contributed by atoms with van der Waals surface area (Å²) in [5.74, 6) is 0.00880. The van der Waals surface area contributed by atoms with Gasteiger partial charge in [0.1, 0.15) is 5.84 Å². The van der Waals surface area contributed by atoms with E-state index in [1.807, 2.05) is 42.5 Å². The number of amidine groups is 1. The molecule has 0 aliphatic heterocycles. The van der Waals surface area contributed by atoms with Crippen LogP contribution in [0.1, 0.15) is 16.7 Å². The summed E-state index contributed by atoms with van der Waals surface area (Å²) in [5.41, 5.74) is 8.03. The maximum Gasteiger partial charge on any atom is 0.224 e. The summed E-state index contributed by atoms with van der Waals surface area (Å²) in [6.45, 7) is 0.533. The van der Waals surface area contributed by atoms with E-state index in [-0.39, 0.29) is 11.7 Å². The van der Waals surface area contributed by atoms with E-state index >= 15 is 0 Å². The summed E-state index contributed by atoms with van der Waals surface area (Å²) in [6, 6.07) is 16.9. The van der Waals surface area contributed by atoms with E-state index in [2.05, 4.69) is 5.32 Å². The van der Waals surface area contributed by atoms with Crippen LogP contribution >= 0.6 is 0 Å². The molecule has 0 fully saturated rings. The smallest absolute Gasteiger partial charge is 0.224 e. The second kappa shape index (κ2) is 6.52. The van der Waals surface area contributed by atoms with Gasteiger partial charge in [0, 0.05) is 12.1 Å². The van der Waals surface area contributed by atoms with Gasteiger partial charge in [0.25, 0.3) is 0 Å². The van der Waals surface area contributed by atoms with Gasteiger partial charge in [-0.2, -0.15) is 0 Å². The predicted molar refractivity (Wildman–Crippen MR) is 79.5 cm³/mol. The summed E-state index contributed by atoms with van der Waals surface area (Å²) in [6.07, 6.45) is 0.324. The number of hydrogen-bond donors (Lipinski definition) is 3. The van der Waals surface area contributed by atoms with E-state index in [4.69, 9.17) is 11.1 Å². The number of carbonyl (C=O) groups excluding carboxylic acids is 1. The molecule has 0 heterocycles. The summed E-state index contributed by atoms with van der Waals surface area (Å²) < 4.78 is 0. The highest BCUT2D eigenvalue weighted by molar-refractivity contribution is 5.95. The Bertz CT molecular complexity index is 591. The van der Waals surface area contributed by atoms with Crippen LogP contribution in [0.15, 0.2) is 54.6 Å². The SMILES string of the molecule is N=C(N)c1ccc(CC(=O)NCc2ccccc2)cc1. The van der Waals surface area contributed by atoms with Crippen molar-refractivity contribution in [3.05, 3.63) is 71.3 Å². The Labute approximate surface area is 118 Å². The summed E-state index contributed by atoms with van der Waals surface area (Å²) in [4.78, 5) is 11.8. The number of benzene rings is 2. The Morgan fingerprint density at radius 2 is 1.65 bits per heavy atom. The van der Waals surface area contributed by atoms with Gasteiger partial charge in [-0.05, 0) is 11.1 Å². The quantitative estimate of drug-likeness (QED) is 0.571. The Morgan fingerprint density at radius 1 is 1.00 bits per heavy atom. The Balaban J connectivity index is 1.86. The van der Waals surface area contributed by atoms with E-state index in [0.29, 0.717) is 18.5 Å². The normalized spacial score (nSPS) is 10.0. The summed E-state index contributed by atoms with van der Waals surface area (Å²) in [5, 5.41) is 10.2. The molecule has 2 aromatic carbocycles. The van der Waals surface area contributed by atoms with Crippen LogP contribution in [-0.4, -0.2) is 11.7 Å². The number of nitrogen functional groups attached to an aromatic ring is 1. The van der Waals surface area contributed by atoms with Gasteiger partial charge in [0.05, 0.1) is 6.42 Å². The number of rotatable bonds is 5. The molecular formula is C16H17N3O. The lowest BCUT2D eigenvalue weighted by molar-refractivity contribution is -0.120. The van der Waals surface area contributed by atoms with Gasteiger partial charge in [-0.3, -0.25) is 10.2 Å². The maximum atomic E-state index is 11.8. The maximum absolute atomic E-state index is 11.8. The molecule has 4 heteroatoms. The fourth-order valence-corrected chi connectivity index (χ4v) is 1.85. The molecule has 0 aliphatic carbocycles. The average molecular weight is 267 g/mol. The fraction of sp³-hybridized carbons (Fsp3) is 0.125. The number of nitrogens with two attached hydrogens (primary N) is 1. The van der Waals surface area contributed by atoms with Crippen LogP contribution in [0.2, 0.25) is 0 Å². The first-order chi connectivity index (χ1) is 9.65.